The van der Waals surface area contributed by atoms with Crippen molar-refractivity contribution in [3.63, 3.8) is 0 Å². The maximum atomic E-state index is 11.9. The van der Waals surface area contributed by atoms with Crippen molar-refractivity contribution in [2.45, 2.75) is 38.6 Å². The van der Waals surface area contributed by atoms with Gasteiger partial charge in [-0.1, -0.05) is 18.6 Å². The van der Waals surface area contributed by atoms with Gasteiger partial charge in [0.1, 0.15) is 0 Å². The molecule has 94 valence electrons. The number of hydrogen-bond donors (Lipinski definition) is 2. The van der Waals surface area contributed by atoms with Crippen LogP contribution in [0.1, 0.15) is 32.6 Å². The molecule has 16 heavy (non-hydrogen) atoms. The van der Waals surface area contributed by atoms with Crippen LogP contribution in [0.5, 0.6) is 0 Å². The molecule has 1 saturated heterocycles. The Morgan fingerprint density at radius 1 is 1.56 bits per heavy atom. The highest BCUT2D eigenvalue weighted by Gasteiger charge is 2.28. The minimum atomic E-state index is -3.36. The van der Waals surface area contributed by atoms with Gasteiger partial charge in [-0.3, -0.25) is 0 Å². The fourth-order valence-corrected chi connectivity index (χ4v) is 3.39. The summed E-state index contributed by atoms with van der Waals surface area (Å²) in [4.78, 5) is 0.328. The second kappa shape index (κ2) is 5.90. The number of hydrogen-bond acceptors (Lipinski definition) is 3. The molecule has 0 aromatic heterocycles. The molecule has 1 aliphatic heterocycles. The Bertz CT molecular complexity index is 343. The summed E-state index contributed by atoms with van der Waals surface area (Å²) in [7, 11) is -3.36. The van der Waals surface area contributed by atoms with Gasteiger partial charge in [0.2, 0.25) is 0 Å². The Balaban J connectivity index is 2.51. The van der Waals surface area contributed by atoms with Crippen LogP contribution in [0.25, 0.3) is 0 Å². The van der Waals surface area contributed by atoms with E-state index in [-0.39, 0.29) is 12.6 Å². The fraction of sp³-hybridized carbons (Fsp3) is 0.889. The Morgan fingerprint density at radius 2 is 2.25 bits per heavy atom. The van der Waals surface area contributed by atoms with Crippen LogP contribution in [0.4, 0.5) is 0 Å². The van der Waals surface area contributed by atoms with E-state index in [9.17, 15) is 8.42 Å². The van der Waals surface area contributed by atoms with Crippen LogP contribution in [-0.2, 0) is 10.2 Å². The largest absolute Gasteiger partial charge is 0.393 e. The topological polar surface area (TPSA) is 75.4 Å². The summed E-state index contributed by atoms with van der Waals surface area (Å²) in [5, 5.41) is 0. The molecule has 0 spiro atoms. The molecule has 1 aliphatic rings. The highest BCUT2D eigenvalue weighted by molar-refractivity contribution is 7.87. The first kappa shape index (κ1) is 13.8. The molecule has 0 amide bonds. The van der Waals surface area contributed by atoms with Crippen molar-refractivity contribution >= 4 is 27.4 Å². The number of nitrogens with zero attached hydrogens (tertiary/aromatic N) is 1. The SMILES string of the molecule is CC1CCCCN1S(=O)(=O)NCCC(N)=S. The molecule has 1 rings (SSSR count). The zero-order chi connectivity index (χ0) is 12.2. The highest BCUT2D eigenvalue weighted by atomic mass is 32.2. The summed E-state index contributed by atoms with van der Waals surface area (Å²) < 4.78 is 27.9. The molecule has 7 heteroatoms. The summed E-state index contributed by atoms with van der Waals surface area (Å²) in [5.41, 5.74) is 5.31. The predicted octanol–water partition coefficient (Wildman–Crippen LogP) is 0.371. The minimum absolute atomic E-state index is 0.0797. The Kier molecular flexibility index (Phi) is 5.10. The summed E-state index contributed by atoms with van der Waals surface area (Å²) >= 11 is 4.69. The van der Waals surface area contributed by atoms with Gasteiger partial charge in [-0.05, 0) is 19.8 Å². The normalized spacial score (nSPS) is 23.2. The lowest BCUT2D eigenvalue weighted by Gasteiger charge is -2.32. The molecule has 1 heterocycles. The molecule has 0 aromatic carbocycles. The van der Waals surface area contributed by atoms with E-state index in [4.69, 9.17) is 18.0 Å². The Labute approximate surface area is 103 Å². The van der Waals surface area contributed by atoms with Gasteiger partial charge < -0.3 is 5.73 Å². The van der Waals surface area contributed by atoms with Crippen molar-refractivity contribution in [1.82, 2.24) is 9.03 Å². The van der Waals surface area contributed by atoms with Gasteiger partial charge in [-0.25, -0.2) is 4.72 Å². The summed E-state index contributed by atoms with van der Waals surface area (Å²) in [6.07, 6.45) is 3.35. The molecule has 0 bridgehead atoms. The lowest BCUT2D eigenvalue weighted by molar-refractivity contribution is 0.265. The van der Waals surface area contributed by atoms with Gasteiger partial charge in [0, 0.05) is 25.6 Å². The van der Waals surface area contributed by atoms with Crippen molar-refractivity contribution in [2.24, 2.45) is 5.73 Å². The van der Waals surface area contributed by atoms with Crippen LogP contribution in [0.15, 0.2) is 0 Å². The Morgan fingerprint density at radius 3 is 2.81 bits per heavy atom. The number of nitrogens with one attached hydrogen (secondary N) is 1. The third-order valence-electron chi connectivity index (χ3n) is 2.71. The molecule has 1 unspecified atom stereocenters. The van der Waals surface area contributed by atoms with Crippen LogP contribution in [0.3, 0.4) is 0 Å². The van der Waals surface area contributed by atoms with E-state index in [0.717, 1.165) is 19.3 Å². The zero-order valence-electron chi connectivity index (χ0n) is 9.48. The molecular weight excluding hydrogens is 246 g/mol. The number of piperidine rings is 1. The first-order chi connectivity index (χ1) is 7.43. The molecule has 1 atom stereocenters. The predicted molar refractivity (Wildman–Crippen MR) is 68.3 cm³/mol. The number of rotatable bonds is 5. The van der Waals surface area contributed by atoms with Gasteiger partial charge in [-0.2, -0.15) is 12.7 Å². The van der Waals surface area contributed by atoms with E-state index in [1.54, 1.807) is 0 Å². The van der Waals surface area contributed by atoms with Crippen LogP contribution >= 0.6 is 12.2 Å². The molecule has 0 radical (unpaired) electrons. The number of thiocarbonyl (C=S) groups is 1. The molecule has 0 aliphatic carbocycles. The molecular formula is C9H19N3O2S2. The standard InChI is InChI=1S/C9H19N3O2S2/c1-8-4-2-3-7-12(8)16(13,14)11-6-5-9(10)15/h8,11H,2-7H2,1H3,(H2,10,15). The van der Waals surface area contributed by atoms with Gasteiger partial charge >= 0.3 is 0 Å². The van der Waals surface area contributed by atoms with Crippen LogP contribution in [-0.4, -0.2) is 36.8 Å². The van der Waals surface area contributed by atoms with Crippen molar-refractivity contribution < 1.29 is 8.42 Å². The van der Waals surface area contributed by atoms with E-state index >= 15 is 0 Å². The lowest BCUT2D eigenvalue weighted by Crippen LogP contribution is -2.48. The van der Waals surface area contributed by atoms with Crippen LogP contribution in [0.2, 0.25) is 0 Å². The van der Waals surface area contributed by atoms with Crippen molar-refractivity contribution in [2.75, 3.05) is 13.1 Å². The maximum Gasteiger partial charge on any atom is 0.279 e. The molecule has 1 fully saturated rings. The molecule has 5 nitrogen and oxygen atoms in total. The van der Waals surface area contributed by atoms with E-state index in [1.165, 1.54) is 4.31 Å². The van der Waals surface area contributed by atoms with Gasteiger partial charge in [0.05, 0.1) is 4.99 Å². The average molecular weight is 265 g/mol. The maximum absolute atomic E-state index is 11.9. The average Bonchev–Trinajstić information content (AvgIpc) is 2.17. The quantitative estimate of drug-likeness (QED) is 0.704. The monoisotopic (exact) mass is 265 g/mol. The minimum Gasteiger partial charge on any atom is -0.393 e. The fourth-order valence-electron chi connectivity index (χ4n) is 1.81. The third kappa shape index (κ3) is 3.97. The lowest BCUT2D eigenvalue weighted by atomic mass is 10.1. The van der Waals surface area contributed by atoms with E-state index in [2.05, 4.69) is 4.72 Å². The van der Waals surface area contributed by atoms with Crippen LogP contribution < -0.4 is 10.5 Å². The second-order valence-electron chi connectivity index (χ2n) is 4.07. The Hall–Kier alpha value is -0.240. The van der Waals surface area contributed by atoms with Crippen molar-refractivity contribution in [3.05, 3.63) is 0 Å². The van der Waals surface area contributed by atoms with Gasteiger partial charge in [0.15, 0.2) is 0 Å². The zero-order valence-corrected chi connectivity index (χ0v) is 11.1. The summed E-state index contributed by atoms with van der Waals surface area (Å²) in [6.45, 7) is 2.82. The van der Waals surface area contributed by atoms with Crippen molar-refractivity contribution in [1.29, 1.82) is 0 Å². The highest BCUT2D eigenvalue weighted by Crippen LogP contribution is 2.18. The summed E-state index contributed by atoms with van der Waals surface area (Å²) in [6, 6.07) is 0.0797. The van der Waals surface area contributed by atoms with E-state index < -0.39 is 10.2 Å². The second-order valence-corrected chi connectivity index (χ2v) is 6.30. The van der Waals surface area contributed by atoms with Gasteiger partial charge in [-0.15, -0.1) is 0 Å². The first-order valence-corrected chi connectivity index (χ1v) is 7.33. The van der Waals surface area contributed by atoms with Crippen molar-refractivity contribution in [3.8, 4) is 0 Å². The summed E-state index contributed by atoms with van der Waals surface area (Å²) in [5.74, 6) is 0. The first-order valence-electron chi connectivity index (χ1n) is 5.48. The van der Waals surface area contributed by atoms with Gasteiger partial charge in [0.25, 0.3) is 10.2 Å². The van der Waals surface area contributed by atoms with E-state index in [0.29, 0.717) is 18.0 Å². The smallest absolute Gasteiger partial charge is 0.279 e. The molecule has 3 N–H and O–H groups in total. The molecule has 0 saturated carbocycles. The molecule has 0 aromatic rings. The van der Waals surface area contributed by atoms with E-state index in [1.807, 2.05) is 6.92 Å². The van der Waals surface area contributed by atoms with Crippen LogP contribution in [0, 0.1) is 0 Å². The third-order valence-corrected chi connectivity index (χ3v) is 4.64. The number of nitrogens with two attached hydrogens (primary N) is 1.